The Bertz CT molecular complexity index is 6030. The largest absolute Gasteiger partial charge is 0.379 e. The maximum Gasteiger partial charge on any atom is 0.248 e. The number of aromatic nitrogens is 20. The molecule has 124 heavy (non-hydrogen) atoms. The average molecular weight is 1660 g/mol. The highest BCUT2D eigenvalue weighted by Gasteiger charge is 2.19. The van der Waals surface area contributed by atoms with Crippen molar-refractivity contribution in [3.8, 4) is 29.1 Å². The third-order valence-corrected chi connectivity index (χ3v) is 19.3. The monoisotopic (exact) mass is 1660 g/mol. The number of ether oxygens (including phenoxy) is 2. The van der Waals surface area contributed by atoms with Crippen LogP contribution in [0.5, 0.6) is 0 Å². The van der Waals surface area contributed by atoms with Crippen LogP contribution in [0.2, 0.25) is 0 Å². The molecule has 36 heteroatoms. The Hall–Kier alpha value is -15.9. The van der Waals surface area contributed by atoms with E-state index in [2.05, 4.69) is 174 Å². The summed E-state index contributed by atoms with van der Waals surface area (Å²) in [5, 5.41) is 37.7. The van der Waals surface area contributed by atoms with E-state index in [0.29, 0.717) is 81.9 Å². The second-order valence-corrected chi connectivity index (χ2v) is 28.0. The quantitative estimate of drug-likeness (QED) is 0.0251. The molecule has 0 saturated carbocycles. The molecular formula is C88H95N33O3. The number of nitrogens with two attached hydrogens (primary N) is 5. The van der Waals surface area contributed by atoms with Crippen LogP contribution in [-0.4, -0.2) is 180 Å². The van der Waals surface area contributed by atoms with E-state index < -0.39 is 0 Å². The van der Waals surface area contributed by atoms with Crippen LogP contribution in [0.4, 0.5) is 93.6 Å². The Balaban J connectivity index is 0.000000127. The highest BCUT2D eigenvalue weighted by atomic mass is 16.5. The maximum atomic E-state index is 12.4. The Morgan fingerprint density at radius 3 is 1.09 bits per heavy atom. The summed E-state index contributed by atoms with van der Waals surface area (Å²) in [5.41, 5.74) is 41.4. The molecule has 16 aromatic rings. The van der Waals surface area contributed by atoms with Gasteiger partial charge in [-0.05, 0) is 183 Å². The molecule has 6 aromatic carbocycles. The minimum absolute atomic E-state index is 0.0241. The second kappa shape index (κ2) is 41.7. The Kier molecular flexibility index (Phi) is 28.4. The predicted octanol–water partition coefficient (Wildman–Crippen LogP) is 12.3. The molecule has 15 N–H and O–H groups in total. The molecule has 2 aliphatic heterocycles. The van der Waals surface area contributed by atoms with Crippen LogP contribution in [0, 0.1) is 13.8 Å². The molecule has 0 atom stereocenters. The van der Waals surface area contributed by atoms with Crippen molar-refractivity contribution in [3.63, 3.8) is 0 Å². The molecular weight excluding hydrogens is 1570 g/mol. The summed E-state index contributed by atoms with van der Waals surface area (Å²) < 4.78 is 18.3. The number of pyridine rings is 5. The van der Waals surface area contributed by atoms with Gasteiger partial charge >= 0.3 is 0 Å². The summed E-state index contributed by atoms with van der Waals surface area (Å²) in [6, 6.07) is 74.6. The van der Waals surface area contributed by atoms with Gasteiger partial charge < -0.3 is 69.6 Å². The SMILES string of the molecule is CCN(CC)c1ccc(Nc2nc(N)n(-c3ccccn3)n2)c(C)c1.Cc1ccccc1Nc1nc(N)n(-c2ccccn2)n1.Nc1nc(Nc2ccc(C(=O)c3ccccc3)cc2)nn1-c1ccccn1.Nc1nc(Nc2ccc(CN3CCOCC3)cc2)nn1-c1ccccn1.Nc1nc(Nc2cccc(CN3CCOCC3)c2)nn1-c1ccccn1. The number of benzene rings is 6. The summed E-state index contributed by atoms with van der Waals surface area (Å²) >= 11 is 0. The van der Waals surface area contributed by atoms with Gasteiger partial charge in [0.05, 0.1) is 26.4 Å². The number of aryl methyl sites for hydroxylation is 2. The molecule has 2 fully saturated rings. The molecule has 0 amide bonds. The number of rotatable bonds is 24. The third-order valence-electron chi connectivity index (χ3n) is 19.3. The van der Waals surface area contributed by atoms with Crippen LogP contribution in [0.1, 0.15) is 52.0 Å². The van der Waals surface area contributed by atoms with Gasteiger partial charge in [0.15, 0.2) is 34.9 Å². The number of morpholine rings is 2. The second-order valence-electron chi connectivity index (χ2n) is 28.0. The van der Waals surface area contributed by atoms with E-state index in [1.165, 1.54) is 40.2 Å². The first kappa shape index (κ1) is 84.5. The number of anilines is 16. The highest BCUT2D eigenvalue weighted by Crippen LogP contribution is 2.28. The number of hydrogen-bond acceptors (Lipinski definition) is 31. The highest BCUT2D eigenvalue weighted by molar-refractivity contribution is 6.09. The lowest BCUT2D eigenvalue weighted by Crippen LogP contribution is -2.35. The van der Waals surface area contributed by atoms with E-state index in [-0.39, 0.29) is 23.6 Å². The smallest absolute Gasteiger partial charge is 0.248 e. The minimum Gasteiger partial charge on any atom is -0.379 e. The maximum absolute atomic E-state index is 12.4. The number of nitrogens with one attached hydrogen (secondary N) is 5. The fourth-order valence-corrected chi connectivity index (χ4v) is 13.0. The predicted molar refractivity (Wildman–Crippen MR) is 482 cm³/mol. The van der Waals surface area contributed by atoms with Crippen LogP contribution in [0.15, 0.2) is 268 Å². The number of carbonyl (C=O) groups excluding carboxylic acids is 1. The molecule has 0 aliphatic carbocycles. The zero-order valence-electron chi connectivity index (χ0n) is 68.8. The topological polar surface area (TPSA) is 453 Å². The van der Waals surface area contributed by atoms with Gasteiger partial charge in [-0.25, -0.2) is 24.9 Å². The number of nitrogen functional groups attached to an aromatic ring is 5. The minimum atomic E-state index is -0.0241. The fraction of sp³-hybridized carbons (Fsp3) is 0.182. The van der Waals surface area contributed by atoms with Crippen LogP contribution < -0.4 is 60.2 Å². The summed E-state index contributed by atoms with van der Waals surface area (Å²) in [5.74, 6) is 6.59. The normalized spacial score (nSPS) is 12.5. The number of para-hydroxylation sites is 1. The lowest BCUT2D eigenvalue weighted by atomic mass is 10.0. The van der Waals surface area contributed by atoms with Crippen molar-refractivity contribution in [2.45, 2.75) is 40.8 Å². The molecule has 18 rings (SSSR count). The molecule has 2 saturated heterocycles. The van der Waals surface area contributed by atoms with Gasteiger partial charge in [0.25, 0.3) is 0 Å². The van der Waals surface area contributed by atoms with Crippen molar-refractivity contribution in [2.24, 2.45) is 0 Å². The van der Waals surface area contributed by atoms with Crippen molar-refractivity contribution < 1.29 is 14.3 Å². The van der Waals surface area contributed by atoms with E-state index in [1.54, 1.807) is 73.4 Å². The van der Waals surface area contributed by atoms with E-state index in [4.69, 9.17) is 38.1 Å². The first-order valence-corrected chi connectivity index (χ1v) is 40.1. The molecule has 2 aliphatic rings. The van der Waals surface area contributed by atoms with E-state index in [1.807, 2.05) is 165 Å². The average Bonchev–Trinajstić information content (AvgIpc) is 1.67. The standard InChI is InChI=1S/C20H16N6O.2C18H21N7O.C18H23N7.C14H14N6/c21-19-24-20(25-26(19)17-8-4-5-13-22-17)23-16-11-9-15(10-12-16)18(27)14-6-2-1-3-7-14;19-17-22-18(23-25(17)16-6-1-2-7-20-16)21-15-5-3-4-14(12-15)13-24-8-10-26-11-9-24;19-17-22-18(23-25(17)16-3-1-2-8-20-16)21-15-6-4-14(5-7-15)13-24-9-11-26-12-10-24;1-4-24(5-2)14-9-10-15(13(3)12-14)21-18-22-17(19)25(23-18)16-8-6-7-11-20-16;1-10-6-2-3-7-11(10)17-14-18-13(15)20(19-14)12-8-4-5-9-16-12/h1-13H,(H3,21,23,24,25);1-7,12H,8-11,13H2,(H3,19,21,22,23);1-8H,9-13H2,(H3,19,21,22,23);6-12H,4-5H2,1-3H3,(H3,19,21,22,23);2-9H,1H3,(H3,15,17,18,19). The number of carbonyl (C=O) groups is 1. The molecule has 0 bridgehead atoms. The third kappa shape index (κ3) is 22.9. The van der Waals surface area contributed by atoms with Gasteiger partial charge in [0.1, 0.15) is 0 Å². The number of nitrogens with zero attached hydrogens (tertiary/aromatic N) is 23. The van der Waals surface area contributed by atoms with Gasteiger partial charge in [-0.3, -0.25) is 14.6 Å². The van der Waals surface area contributed by atoms with Gasteiger partial charge in [-0.15, -0.1) is 25.5 Å². The fourth-order valence-electron chi connectivity index (χ4n) is 13.0. The summed E-state index contributed by atoms with van der Waals surface area (Å²) in [6.45, 7) is 19.3. The van der Waals surface area contributed by atoms with Crippen LogP contribution in [-0.2, 0) is 22.6 Å². The van der Waals surface area contributed by atoms with Crippen molar-refractivity contribution in [1.29, 1.82) is 0 Å². The van der Waals surface area contributed by atoms with Gasteiger partial charge in [0.2, 0.25) is 59.5 Å². The van der Waals surface area contributed by atoms with Crippen LogP contribution in [0.3, 0.4) is 0 Å². The van der Waals surface area contributed by atoms with Crippen LogP contribution in [0.25, 0.3) is 29.1 Å². The molecule has 36 nitrogen and oxygen atoms in total. The first-order valence-electron chi connectivity index (χ1n) is 40.1. The number of hydrogen-bond donors (Lipinski definition) is 10. The van der Waals surface area contributed by atoms with Crippen molar-refractivity contribution in [3.05, 3.63) is 301 Å². The summed E-state index contributed by atoms with van der Waals surface area (Å²) in [4.78, 5) is 61.9. The summed E-state index contributed by atoms with van der Waals surface area (Å²) in [7, 11) is 0. The molecule has 630 valence electrons. The molecule has 12 heterocycles. The van der Waals surface area contributed by atoms with Crippen molar-refractivity contribution in [1.82, 2.24) is 109 Å². The van der Waals surface area contributed by atoms with E-state index >= 15 is 0 Å². The van der Waals surface area contributed by atoms with Crippen molar-refractivity contribution in [2.75, 3.05) is 126 Å². The number of ketones is 1. The Labute approximate surface area is 715 Å². The van der Waals surface area contributed by atoms with Gasteiger partial charge in [0, 0.05) is 129 Å². The zero-order valence-corrected chi connectivity index (χ0v) is 68.8. The van der Waals surface area contributed by atoms with Crippen molar-refractivity contribution >= 4 is 99.4 Å². The van der Waals surface area contributed by atoms with Gasteiger partial charge in [-0.1, -0.05) is 103 Å². The molecule has 10 aromatic heterocycles. The molecule has 0 spiro atoms. The Morgan fingerprint density at radius 2 is 0.702 bits per heavy atom. The molecule has 0 unspecified atom stereocenters. The van der Waals surface area contributed by atoms with E-state index in [0.717, 1.165) is 118 Å². The first-order chi connectivity index (χ1) is 60.6. The summed E-state index contributed by atoms with van der Waals surface area (Å²) in [6.07, 6.45) is 8.42. The van der Waals surface area contributed by atoms with E-state index in [9.17, 15) is 4.79 Å². The van der Waals surface area contributed by atoms with Gasteiger partial charge in [-0.2, -0.15) is 48.3 Å². The Morgan fingerprint density at radius 1 is 0.347 bits per heavy atom. The lowest BCUT2D eigenvalue weighted by molar-refractivity contribution is 0.0341. The zero-order chi connectivity index (χ0) is 85.9. The molecule has 0 radical (unpaired) electrons. The van der Waals surface area contributed by atoms with Crippen LogP contribution >= 0.6 is 0 Å². The lowest BCUT2D eigenvalue weighted by Gasteiger charge is -2.26.